The van der Waals surface area contributed by atoms with Crippen LogP contribution in [0.15, 0.2) is 36.5 Å². The second kappa shape index (κ2) is 15.8. The second-order valence-electron chi connectivity index (χ2n) is 7.19. The van der Waals surface area contributed by atoms with Crippen LogP contribution in [0.4, 0.5) is 0 Å². The second-order valence-corrected chi connectivity index (χ2v) is 7.19. The smallest absolute Gasteiger partial charge is 0.287 e. The van der Waals surface area contributed by atoms with Crippen molar-refractivity contribution < 1.29 is 14.4 Å². The molecule has 156 valence electrons. The highest BCUT2D eigenvalue weighted by atomic mass is 16.2. The first kappa shape index (κ1) is 23.9. The summed E-state index contributed by atoms with van der Waals surface area (Å²) in [5.41, 5.74) is 0. The highest BCUT2D eigenvalue weighted by molar-refractivity contribution is 6.36. The Balaban J connectivity index is 1.91. The molecule has 0 unspecified atom stereocenters. The molecule has 2 amide bonds. The van der Waals surface area contributed by atoms with Gasteiger partial charge in [-0.3, -0.25) is 14.4 Å². The van der Waals surface area contributed by atoms with Crippen molar-refractivity contribution in [3.05, 3.63) is 36.5 Å². The predicted molar refractivity (Wildman–Crippen MR) is 114 cm³/mol. The molecule has 2 N–H and O–H groups in total. The zero-order valence-corrected chi connectivity index (χ0v) is 17.3. The van der Waals surface area contributed by atoms with Gasteiger partial charge >= 0.3 is 0 Å². The average Bonchev–Trinajstić information content (AvgIpc) is 3.49. The number of ketones is 1. The Morgan fingerprint density at radius 2 is 1.50 bits per heavy atom. The van der Waals surface area contributed by atoms with E-state index >= 15 is 0 Å². The molecule has 1 aliphatic rings. The summed E-state index contributed by atoms with van der Waals surface area (Å²) < 4.78 is 0. The van der Waals surface area contributed by atoms with Gasteiger partial charge in [-0.25, -0.2) is 0 Å². The van der Waals surface area contributed by atoms with Gasteiger partial charge in [-0.05, 0) is 51.4 Å². The Morgan fingerprint density at radius 3 is 2.14 bits per heavy atom. The van der Waals surface area contributed by atoms with Crippen LogP contribution in [0.3, 0.4) is 0 Å². The molecule has 0 spiro atoms. The van der Waals surface area contributed by atoms with Crippen molar-refractivity contribution in [1.29, 1.82) is 0 Å². The third kappa shape index (κ3) is 14.0. The SMILES string of the molecule is CCCCC(=O)C(=O)NCC/C=C\C/C=C\C/C=C\CCCC(=O)NC1CC1. The van der Waals surface area contributed by atoms with Gasteiger partial charge in [0.1, 0.15) is 0 Å². The van der Waals surface area contributed by atoms with E-state index in [1.807, 2.05) is 13.0 Å². The lowest BCUT2D eigenvalue weighted by molar-refractivity contribution is -0.137. The lowest BCUT2D eigenvalue weighted by atomic mass is 10.2. The molecule has 0 radical (unpaired) electrons. The molecule has 0 saturated heterocycles. The average molecular weight is 389 g/mol. The number of hydrogen-bond donors (Lipinski definition) is 2. The van der Waals surface area contributed by atoms with E-state index < -0.39 is 5.91 Å². The lowest BCUT2D eigenvalue weighted by Crippen LogP contribution is -2.31. The molecule has 5 nitrogen and oxygen atoms in total. The zero-order chi connectivity index (χ0) is 20.5. The van der Waals surface area contributed by atoms with E-state index in [1.54, 1.807) is 0 Å². The summed E-state index contributed by atoms with van der Waals surface area (Å²) >= 11 is 0. The third-order valence-corrected chi connectivity index (χ3v) is 4.37. The minimum atomic E-state index is -0.461. The molecule has 0 bridgehead atoms. The molecule has 5 heteroatoms. The van der Waals surface area contributed by atoms with Crippen molar-refractivity contribution in [2.45, 2.75) is 83.6 Å². The Bertz CT molecular complexity index is 560. The van der Waals surface area contributed by atoms with Gasteiger partial charge in [-0.2, -0.15) is 0 Å². The lowest BCUT2D eigenvalue weighted by Gasteiger charge is -2.01. The van der Waals surface area contributed by atoms with Gasteiger partial charge in [0.05, 0.1) is 0 Å². The number of carbonyl (C=O) groups excluding carboxylic acids is 3. The highest BCUT2D eigenvalue weighted by Crippen LogP contribution is 2.18. The van der Waals surface area contributed by atoms with Crippen molar-refractivity contribution in [1.82, 2.24) is 10.6 Å². The van der Waals surface area contributed by atoms with Gasteiger partial charge in [0.15, 0.2) is 0 Å². The molecule has 1 aliphatic carbocycles. The Morgan fingerprint density at radius 1 is 0.857 bits per heavy atom. The number of Topliss-reactive ketones (excluding diaryl/α,β-unsaturated/α-hetero) is 1. The predicted octanol–water partition coefficient (Wildman–Crippen LogP) is 4.15. The van der Waals surface area contributed by atoms with Crippen molar-refractivity contribution in [3.8, 4) is 0 Å². The fraction of sp³-hybridized carbons (Fsp3) is 0.609. The summed E-state index contributed by atoms with van der Waals surface area (Å²) in [6, 6.07) is 0.459. The van der Waals surface area contributed by atoms with E-state index in [0.29, 0.717) is 25.4 Å². The van der Waals surface area contributed by atoms with E-state index in [1.165, 1.54) is 0 Å². The minimum absolute atomic E-state index is 0.185. The Labute approximate surface area is 169 Å². The van der Waals surface area contributed by atoms with Crippen LogP contribution in [0.5, 0.6) is 0 Å². The highest BCUT2D eigenvalue weighted by Gasteiger charge is 2.22. The van der Waals surface area contributed by atoms with Gasteiger partial charge in [-0.15, -0.1) is 0 Å². The Kier molecular flexibility index (Phi) is 13.5. The molecule has 1 rings (SSSR count). The molecule has 0 aliphatic heterocycles. The summed E-state index contributed by atoms with van der Waals surface area (Å²) in [5, 5.41) is 5.65. The van der Waals surface area contributed by atoms with Crippen molar-refractivity contribution in [3.63, 3.8) is 0 Å². The first-order valence-electron chi connectivity index (χ1n) is 10.7. The summed E-state index contributed by atoms with van der Waals surface area (Å²) in [7, 11) is 0. The maximum absolute atomic E-state index is 11.5. The summed E-state index contributed by atoms with van der Waals surface area (Å²) in [4.78, 5) is 34.5. The van der Waals surface area contributed by atoms with Gasteiger partial charge in [0.2, 0.25) is 11.7 Å². The van der Waals surface area contributed by atoms with Gasteiger partial charge in [0, 0.05) is 25.4 Å². The van der Waals surface area contributed by atoms with Gasteiger partial charge < -0.3 is 10.6 Å². The van der Waals surface area contributed by atoms with Crippen LogP contribution in [0, 0.1) is 0 Å². The largest absolute Gasteiger partial charge is 0.353 e. The topological polar surface area (TPSA) is 75.3 Å². The van der Waals surface area contributed by atoms with Gasteiger partial charge in [0.25, 0.3) is 5.91 Å². The van der Waals surface area contributed by atoms with E-state index in [0.717, 1.165) is 57.8 Å². The molecule has 1 fully saturated rings. The van der Waals surface area contributed by atoms with Crippen LogP contribution in [0.2, 0.25) is 0 Å². The molecule has 0 heterocycles. The number of allylic oxidation sites excluding steroid dienone is 5. The monoisotopic (exact) mass is 388 g/mol. The maximum Gasteiger partial charge on any atom is 0.287 e. The van der Waals surface area contributed by atoms with Crippen molar-refractivity contribution >= 4 is 17.6 Å². The van der Waals surface area contributed by atoms with Gasteiger partial charge in [-0.1, -0.05) is 49.8 Å². The summed E-state index contributed by atoms with van der Waals surface area (Å²) in [6.07, 6.45) is 21.8. The van der Waals surface area contributed by atoms with Crippen LogP contribution in [0.1, 0.15) is 77.6 Å². The number of amides is 2. The van der Waals surface area contributed by atoms with E-state index in [9.17, 15) is 14.4 Å². The Hall–Kier alpha value is -2.17. The van der Waals surface area contributed by atoms with Crippen LogP contribution in [0.25, 0.3) is 0 Å². The van der Waals surface area contributed by atoms with E-state index in [-0.39, 0.29) is 11.7 Å². The van der Waals surface area contributed by atoms with Crippen LogP contribution < -0.4 is 10.6 Å². The van der Waals surface area contributed by atoms with Crippen LogP contribution in [-0.2, 0) is 14.4 Å². The zero-order valence-electron chi connectivity index (χ0n) is 17.3. The number of rotatable bonds is 16. The molecule has 0 aromatic carbocycles. The number of hydrogen-bond acceptors (Lipinski definition) is 3. The first-order valence-corrected chi connectivity index (χ1v) is 10.7. The van der Waals surface area contributed by atoms with Crippen molar-refractivity contribution in [2.75, 3.05) is 6.54 Å². The number of carbonyl (C=O) groups is 3. The molecule has 0 aromatic heterocycles. The molecule has 28 heavy (non-hydrogen) atoms. The summed E-state index contributed by atoms with van der Waals surface area (Å²) in [6.45, 7) is 2.50. The number of nitrogens with one attached hydrogen (secondary N) is 2. The molecule has 0 atom stereocenters. The summed E-state index contributed by atoms with van der Waals surface area (Å²) in [5.74, 6) is -0.592. The quantitative estimate of drug-likeness (QED) is 0.237. The number of unbranched alkanes of at least 4 members (excludes halogenated alkanes) is 2. The van der Waals surface area contributed by atoms with Crippen LogP contribution in [-0.4, -0.2) is 30.2 Å². The van der Waals surface area contributed by atoms with Crippen LogP contribution >= 0.6 is 0 Å². The maximum atomic E-state index is 11.5. The molecule has 0 aromatic rings. The fourth-order valence-corrected chi connectivity index (χ4v) is 2.50. The normalized spacial score (nSPS) is 14.2. The molecular formula is C23H36N2O3. The van der Waals surface area contributed by atoms with E-state index in [2.05, 4.69) is 41.0 Å². The van der Waals surface area contributed by atoms with E-state index in [4.69, 9.17) is 0 Å². The standard InChI is InChI=1S/C23H36N2O3/c1-2-3-15-21(26)23(28)24-19-14-12-10-8-6-4-5-7-9-11-13-16-22(27)25-20-17-18-20/h4,6-7,9-10,12,20H,2-3,5,8,11,13-19H2,1H3,(H,24,28)(H,25,27)/b6-4-,9-7-,12-10-. The minimum Gasteiger partial charge on any atom is -0.353 e. The molecule has 1 saturated carbocycles. The van der Waals surface area contributed by atoms with Crippen molar-refractivity contribution in [2.24, 2.45) is 0 Å². The molecular weight excluding hydrogens is 352 g/mol. The first-order chi connectivity index (χ1) is 13.6. The fourth-order valence-electron chi connectivity index (χ4n) is 2.50. The third-order valence-electron chi connectivity index (χ3n) is 4.37.